The summed E-state index contributed by atoms with van der Waals surface area (Å²) in [5, 5.41) is 3.08. The Balaban J connectivity index is 2.29. The number of imidazole rings is 1. The molecule has 0 radical (unpaired) electrons. The Kier molecular flexibility index (Phi) is 4.18. The number of ether oxygens (including phenoxy) is 1. The number of halogens is 1. The first-order valence-corrected chi connectivity index (χ1v) is 6.07. The monoisotopic (exact) mass is 261 g/mol. The van der Waals surface area contributed by atoms with E-state index in [0.29, 0.717) is 24.8 Å². The molecule has 0 amide bonds. The van der Waals surface area contributed by atoms with Crippen LogP contribution in [0.25, 0.3) is 5.69 Å². The van der Waals surface area contributed by atoms with E-state index in [1.54, 1.807) is 35.2 Å². The number of nitrogens with zero attached hydrogens (tertiary/aromatic N) is 2. The van der Waals surface area contributed by atoms with Crippen LogP contribution in [0.15, 0.2) is 43.2 Å². The van der Waals surface area contributed by atoms with Gasteiger partial charge in [-0.2, -0.15) is 0 Å². The molecule has 0 unspecified atom stereocenters. The molecule has 0 fully saturated rings. The molecule has 5 heteroatoms. The van der Waals surface area contributed by atoms with Gasteiger partial charge < -0.3 is 10.1 Å². The van der Waals surface area contributed by atoms with Gasteiger partial charge in [-0.3, -0.25) is 4.57 Å². The Labute approximate surface area is 111 Å². The zero-order valence-electron chi connectivity index (χ0n) is 10.8. The lowest BCUT2D eigenvalue weighted by atomic mass is 10.3. The van der Waals surface area contributed by atoms with Crippen molar-refractivity contribution < 1.29 is 9.13 Å². The van der Waals surface area contributed by atoms with Gasteiger partial charge in [0.15, 0.2) is 11.6 Å². The summed E-state index contributed by atoms with van der Waals surface area (Å²) in [5.41, 5.74) is 0.685. The molecule has 0 spiro atoms. The minimum Gasteiger partial charge on any atom is -0.491 e. The first kappa shape index (κ1) is 13.1. The molecule has 19 heavy (non-hydrogen) atoms. The molecule has 1 aromatic heterocycles. The molecule has 2 aromatic rings. The van der Waals surface area contributed by atoms with Gasteiger partial charge in [-0.05, 0) is 19.1 Å². The van der Waals surface area contributed by atoms with Crippen molar-refractivity contribution in [1.29, 1.82) is 0 Å². The van der Waals surface area contributed by atoms with E-state index < -0.39 is 0 Å². The standard InChI is InChI=1S/C14H16FN3O/c1-3-7-16-14-17-8-9-18(14)11-5-6-13(19-4-2)12(15)10-11/h3,5-6,8-10H,1,4,7H2,2H3,(H,16,17). The number of benzene rings is 1. The lowest BCUT2D eigenvalue weighted by molar-refractivity contribution is 0.321. The lowest BCUT2D eigenvalue weighted by Gasteiger charge is -2.10. The average molecular weight is 261 g/mol. The molecule has 1 aromatic carbocycles. The topological polar surface area (TPSA) is 39.1 Å². The molecule has 4 nitrogen and oxygen atoms in total. The third-order valence-electron chi connectivity index (χ3n) is 2.54. The smallest absolute Gasteiger partial charge is 0.207 e. The van der Waals surface area contributed by atoms with Crippen LogP contribution in [0, 0.1) is 5.82 Å². The van der Waals surface area contributed by atoms with E-state index >= 15 is 0 Å². The minimum atomic E-state index is -0.386. The molecular formula is C14H16FN3O. The van der Waals surface area contributed by atoms with E-state index in [-0.39, 0.29) is 11.6 Å². The van der Waals surface area contributed by atoms with Crippen molar-refractivity contribution in [2.75, 3.05) is 18.5 Å². The second-order valence-electron chi connectivity index (χ2n) is 3.84. The Morgan fingerprint density at radius 2 is 2.37 bits per heavy atom. The molecule has 0 aliphatic rings. The predicted octanol–water partition coefficient (Wildman–Crippen LogP) is 3.01. The molecule has 0 saturated carbocycles. The molecule has 100 valence electrons. The van der Waals surface area contributed by atoms with E-state index in [1.165, 1.54) is 6.07 Å². The maximum absolute atomic E-state index is 13.8. The third kappa shape index (κ3) is 2.93. The summed E-state index contributed by atoms with van der Waals surface area (Å²) in [6, 6.07) is 4.83. The van der Waals surface area contributed by atoms with Crippen LogP contribution in [0.2, 0.25) is 0 Å². The van der Waals surface area contributed by atoms with Gasteiger partial charge in [-0.1, -0.05) is 6.08 Å². The van der Waals surface area contributed by atoms with Crippen molar-refractivity contribution in [3.63, 3.8) is 0 Å². The minimum absolute atomic E-state index is 0.256. The van der Waals surface area contributed by atoms with Crippen molar-refractivity contribution >= 4 is 5.95 Å². The largest absolute Gasteiger partial charge is 0.491 e. The summed E-state index contributed by atoms with van der Waals surface area (Å²) < 4.78 is 20.8. The van der Waals surface area contributed by atoms with Crippen LogP contribution in [0.5, 0.6) is 5.75 Å². The van der Waals surface area contributed by atoms with Gasteiger partial charge in [-0.15, -0.1) is 6.58 Å². The molecule has 0 saturated heterocycles. The van der Waals surface area contributed by atoms with Crippen LogP contribution in [-0.2, 0) is 0 Å². The fourth-order valence-corrected chi connectivity index (χ4v) is 1.72. The van der Waals surface area contributed by atoms with Gasteiger partial charge in [0.1, 0.15) is 0 Å². The first-order chi connectivity index (χ1) is 9.26. The third-order valence-corrected chi connectivity index (χ3v) is 2.54. The average Bonchev–Trinajstić information content (AvgIpc) is 2.87. The summed E-state index contributed by atoms with van der Waals surface area (Å²) in [6.45, 7) is 6.48. The van der Waals surface area contributed by atoms with Gasteiger partial charge in [0, 0.05) is 25.0 Å². The van der Waals surface area contributed by atoms with Crippen LogP contribution in [0.3, 0.4) is 0 Å². The SMILES string of the molecule is C=CCNc1nccn1-c1ccc(OCC)c(F)c1. The van der Waals surface area contributed by atoms with E-state index in [1.807, 2.05) is 6.92 Å². The zero-order valence-corrected chi connectivity index (χ0v) is 10.8. The highest BCUT2D eigenvalue weighted by Gasteiger charge is 2.08. The van der Waals surface area contributed by atoms with Gasteiger partial charge in [0.25, 0.3) is 0 Å². The Morgan fingerprint density at radius 3 is 3.05 bits per heavy atom. The molecule has 0 aliphatic carbocycles. The molecule has 0 bridgehead atoms. The summed E-state index contributed by atoms with van der Waals surface area (Å²) >= 11 is 0. The summed E-state index contributed by atoms with van der Waals surface area (Å²) in [4.78, 5) is 4.17. The van der Waals surface area contributed by atoms with Gasteiger partial charge >= 0.3 is 0 Å². The Morgan fingerprint density at radius 1 is 1.53 bits per heavy atom. The number of aromatic nitrogens is 2. The second-order valence-corrected chi connectivity index (χ2v) is 3.84. The van der Waals surface area contributed by atoms with E-state index in [4.69, 9.17) is 4.74 Å². The van der Waals surface area contributed by atoms with Crippen molar-refractivity contribution in [1.82, 2.24) is 9.55 Å². The summed E-state index contributed by atoms with van der Waals surface area (Å²) in [5.74, 6) is 0.512. The van der Waals surface area contributed by atoms with Crippen molar-refractivity contribution in [2.45, 2.75) is 6.92 Å². The van der Waals surface area contributed by atoms with E-state index in [2.05, 4.69) is 16.9 Å². The quantitative estimate of drug-likeness (QED) is 0.812. The molecule has 0 atom stereocenters. The van der Waals surface area contributed by atoms with Crippen molar-refractivity contribution in [3.8, 4) is 11.4 Å². The molecule has 2 rings (SSSR count). The van der Waals surface area contributed by atoms with Gasteiger partial charge in [0.2, 0.25) is 5.95 Å². The highest BCUT2D eigenvalue weighted by atomic mass is 19.1. The van der Waals surface area contributed by atoms with Crippen LogP contribution in [-0.4, -0.2) is 22.7 Å². The number of nitrogens with one attached hydrogen (secondary N) is 1. The normalized spacial score (nSPS) is 10.2. The maximum atomic E-state index is 13.8. The summed E-state index contributed by atoms with van der Waals surface area (Å²) in [6.07, 6.45) is 5.15. The highest BCUT2D eigenvalue weighted by Crippen LogP contribution is 2.22. The molecular weight excluding hydrogens is 245 g/mol. The molecule has 1 N–H and O–H groups in total. The van der Waals surface area contributed by atoms with Crippen LogP contribution in [0.1, 0.15) is 6.92 Å². The lowest BCUT2D eigenvalue weighted by Crippen LogP contribution is -2.06. The van der Waals surface area contributed by atoms with Gasteiger partial charge in [0.05, 0.1) is 12.3 Å². The second kappa shape index (κ2) is 6.04. The molecule has 0 aliphatic heterocycles. The summed E-state index contributed by atoms with van der Waals surface area (Å²) in [7, 11) is 0. The predicted molar refractivity (Wildman–Crippen MR) is 73.4 cm³/mol. The van der Waals surface area contributed by atoms with Crippen LogP contribution >= 0.6 is 0 Å². The maximum Gasteiger partial charge on any atom is 0.207 e. The first-order valence-electron chi connectivity index (χ1n) is 6.07. The fraction of sp³-hybridized carbons (Fsp3) is 0.214. The number of hydrogen-bond acceptors (Lipinski definition) is 3. The van der Waals surface area contributed by atoms with Gasteiger partial charge in [-0.25, -0.2) is 9.37 Å². The number of anilines is 1. The number of rotatable bonds is 6. The van der Waals surface area contributed by atoms with E-state index in [0.717, 1.165) is 0 Å². The number of hydrogen-bond donors (Lipinski definition) is 1. The van der Waals surface area contributed by atoms with E-state index in [9.17, 15) is 4.39 Å². The Hall–Kier alpha value is -2.30. The fourth-order valence-electron chi connectivity index (χ4n) is 1.72. The molecule has 1 heterocycles. The van der Waals surface area contributed by atoms with Crippen molar-refractivity contribution in [2.24, 2.45) is 0 Å². The highest BCUT2D eigenvalue weighted by molar-refractivity contribution is 5.45. The Bertz CT molecular complexity index is 566. The van der Waals surface area contributed by atoms with Crippen LogP contribution in [0.4, 0.5) is 10.3 Å². The van der Waals surface area contributed by atoms with Crippen molar-refractivity contribution in [3.05, 3.63) is 49.1 Å². The zero-order chi connectivity index (χ0) is 13.7. The van der Waals surface area contributed by atoms with Crippen LogP contribution < -0.4 is 10.1 Å².